The fraction of sp³-hybridized carbons (Fsp3) is 0.300. The van der Waals surface area contributed by atoms with Crippen molar-refractivity contribution in [1.29, 1.82) is 0 Å². The van der Waals surface area contributed by atoms with Crippen LogP contribution in [0.4, 0.5) is 13.9 Å². The Kier molecular flexibility index (Phi) is 6.98. The van der Waals surface area contributed by atoms with Crippen molar-refractivity contribution in [2.75, 3.05) is 11.5 Å². The van der Waals surface area contributed by atoms with Gasteiger partial charge in [-0.25, -0.2) is 14.3 Å². The fourth-order valence-corrected chi connectivity index (χ4v) is 5.56. The highest BCUT2D eigenvalue weighted by Gasteiger charge is 2.54. The molecule has 0 radical (unpaired) electrons. The zero-order valence-electron chi connectivity index (χ0n) is 18.1. The van der Waals surface area contributed by atoms with Gasteiger partial charge in [-0.05, 0) is 13.0 Å². The zero-order valence-corrected chi connectivity index (χ0v) is 19.7. The van der Waals surface area contributed by atoms with Gasteiger partial charge in [-0.3, -0.25) is 14.5 Å². The molecule has 15 heteroatoms. The average molecular weight is 526 g/mol. The summed E-state index contributed by atoms with van der Waals surface area (Å²) in [5.41, 5.74) is 6.25. The van der Waals surface area contributed by atoms with Crippen molar-refractivity contribution >= 4 is 51.7 Å². The SMILES string of the molecule is Cc1ccc[n+](CC2=C(C(=O)O)N3C(=O)C(NC(=O)C(=NOC(F)F)c4csc(N)n4)[C@H]3SC2)c1. The van der Waals surface area contributed by atoms with Crippen molar-refractivity contribution in [1.82, 2.24) is 15.2 Å². The number of fused-ring (bicyclic) bond motifs is 1. The van der Waals surface area contributed by atoms with Crippen LogP contribution in [-0.2, 0) is 25.8 Å². The summed E-state index contributed by atoms with van der Waals surface area (Å²) in [5, 5.41) is 16.1. The number of nitrogens with zero attached hydrogens (tertiary/aromatic N) is 4. The predicted molar refractivity (Wildman–Crippen MR) is 121 cm³/mol. The number of thiazole rings is 1. The molecule has 4 rings (SSSR count). The van der Waals surface area contributed by atoms with Gasteiger partial charge in [-0.1, -0.05) is 5.16 Å². The summed E-state index contributed by atoms with van der Waals surface area (Å²) >= 11 is 2.24. The number of nitrogens with one attached hydrogen (secondary N) is 1. The average Bonchev–Trinajstić information content (AvgIpc) is 3.22. The number of carbonyl (C=O) groups is 3. The van der Waals surface area contributed by atoms with Crippen molar-refractivity contribution < 1.29 is 37.7 Å². The van der Waals surface area contributed by atoms with Crippen LogP contribution in [0.1, 0.15) is 11.3 Å². The minimum absolute atomic E-state index is 0.0709. The Bertz CT molecular complexity index is 1250. The first kappa shape index (κ1) is 24.5. The Hall–Kier alpha value is -3.59. The van der Waals surface area contributed by atoms with Gasteiger partial charge in [-0.2, -0.15) is 8.78 Å². The van der Waals surface area contributed by atoms with Gasteiger partial charge in [0.2, 0.25) is 0 Å². The molecule has 2 aromatic heterocycles. The summed E-state index contributed by atoms with van der Waals surface area (Å²) in [4.78, 5) is 46.6. The number of aliphatic carboxylic acids is 1. The number of β-lactam (4-membered cyclic amide) rings is 1. The molecule has 2 aliphatic rings. The predicted octanol–water partition coefficient (Wildman–Crippen LogP) is 0.703. The van der Waals surface area contributed by atoms with Gasteiger partial charge in [0.15, 0.2) is 29.8 Å². The minimum atomic E-state index is -3.28. The number of carbonyl (C=O) groups excluding carboxylic acids is 2. The maximum atomic E-state index is 12.9. The first-order valence-corrected chi connectivity index (χ1v) is 12.0. The summed E-state index contributed by atoms with van der Waals surface area (Å²) < 4.78 is 26.8. The Morgan fingerprint density at radius 3 is 2.89 bits per heavy atom. The smallest absolute Gasteiger partial charge is 0.407 e. The maximum Gasteiger partial charge on any atom is 0.407 e. The number of alkyl halides is 2. The molecule has 2 aromatic rings. The van der Waals surface area contributed by atoms with Gasteiger partial charge < -0.3 is 21.0 Å². The minimum Gasteiger partial charge on any atom is -0.477 e. The summed E-state index contributed by atoms with van der Waals surface area (Å²) in [5.74, 6) is -2.59. The topological polar surface area (TPSA) is 151 Å². The third kappa shape index (κ3) is 5.09. The second-order valence-electron chi connectivity index (χ2n) is 7.55. The van der Waals surface area contributed by atoms with Crippen LogP contribution < -0.4 is 15.6 Å². The number of halogens is 2. The number of aromatic nitrogens is 2. The van der Waals surface area contributed by atoms with Crippen molar-refractivity contribution in [2.24, 2.45) is 5.16 Å². The van der Waals surface area contributed by atoms with E-state index in [1.165, 1.54) is 17.1 Å². The van der Waals surface area contributed by atoms with Gasteiger partial charge in [0.1, 0.15) is 22.8 Å². The molecule has 4 N–H and O–H groups in total. The molecule has 4 heterocycles. The zero-order chi connectivity index (χ0) is 25.3. The number of hydrogen-bond acceptors (Lipinski definition) is 9. The molecule has 0 aliphatic carbocycles. The van der Waals surface area contributed by atoms with Crippen LogP contribution in [0.2, 0.25) is 0 Å². The third-order valence-corrected chi connectivity index (χ3v) is 7.13. The van der Waals surface area contributed by atoms with E-state index < -0.39 is 41.5 Å². The normalized spacial score (nSPS) is 19.9. The van der Waals surface area contributed by atoms with Gasteiger partial charge in [0.05, 0.1) is 0 Å². The molecule has 1 unspecified atom stereocenters. The lowest BCUT2D eigenvalue weighted by atomic mass is 10.0. The van der Waals surface area contributed by atoms with E-state index in [0.29, 0.717) is 11.3 Å². The van der Waals surface area contributed by atoms with E-state index in [1.807, 2.05) is 29.8 Å². The molecular formula is C20H19F2N6O5S2+. The van der Waals surface area contributed by atoms with Crippen LogP contribution in [-0.4, -0.2) is 62.3 Å². The van der Waals surface area contributed by atoms with E-state index >= 15 is 0 Å². The Morgan fingerprint density at radius 1 is 1.49 bits per heavy atom. The van der Waals surface area contributed by atoms with Crippen molar-refractivity contribution in [3.8, 4) is 0 Å². The van der Waals surface area contributed by atoms with Crippen LogP contribution in [0, 0.1) is 6.92 Å². The molecule has 184 valence electrons. The number of nitrogens with two attached hydrogens (primary N) is 1. The third-order valence-electron chi connectivity index (χ3n) is 5.12. The number of nitrogen functional groups attached to an aromatic ring is 1. The van der Waals surface area contributed by atoms with E-state index in [-0.39, 0.29) is 23.1 Å². The largest absolute Gasteiger partial charge is 0.477 e. The second-order valence-corrected chi connectivity index (χ2v) is 9.54. The number of anilines is 1. The van der Waals surface area contributed by atoms with E-state index in [0.717, 1.165) is 21.8 Å². The molecule has 35 heavy (non-hydrogen) atoms. The van der Waals surface area contributed by atoms with Gasteiger partial charge in [-0.15, -0.1) is 23.1 Å². The molecule has 11 nitrogen and oxygen atoms in total. The highest BCUT2D eigenvalue weighted by molar-refractivity contribution is 8.00. The molecule has 0 saturated carbocycles. The lowest BCUT2D eigenvalue weighted by Crippen LogP contribution is -2.71. The molecule has 2 atom stereocenters. The van der Waals surface area contributed by atoms with E-state index in [4.69, 9.17) is 5.73 Å². The first-order chi connectivity index (χ1) is 16.7. The molecule has 2 aliphatic heterocycles. The Morgan fingerprint density at radius 2 is 2.26 bits per heavy atom. The highest BCUT2D eigenvalue weighted by atomic mass is 32.2. The number of carboxylic acids is 1. The van der Waals surface area contributed by atoms with E-state index in [2.05, 4.69) is 20.3 Å². The highest BCUT2D eigenvalue weighted by Crippen LogP contribution is 2.40. The standard InChI is InChI=1S/C20H18F2N6O5S2/c1-9-3-2-4-27(5-9)6-10-7-34-17-13(16(30)28(17)14(10)18(31)32)25-15(29)12(26-33-19(21)22)11-8-35-20(23)24-11/h2-5,8,13,17,19H,6-7H2,1H3,(H3-,23,24,25,29,31,32)/p+1/t13?,17-/m1/s1. The van der Waals surface area contributed by atoms with Gasteiger partial charge in [0.25, 0.3) is 11.8 Å². The van der Waals surface area contributed by atoms with Crippen LogP contribution in [0.25, 0.3) is 0 Å². The number of aryl methyl sites for hydroxylation is 1. The molecule has 0 aromatic carbocycles. The molecule has 1 fully saturated rings. The van der Waals surface area contributed by atoms with Crippen molar-refractivity contribution in [3.63, 3.8) is 0 Å². The molecule has 0 spiro atoms. The van der Waals surface area contributed by atoms with Crippen LogP contribution in [0.5, 0.6) is 0 Å². The van der Waals surface area contributed by atoms with Crippen LogP contribution in [0.15, 0.2) is 46.3 Å². The molecule has 1 saturated heterocycles. The van der Waals surface area contributed by atoms with Crippen molar-refractivity contribution in [2.45, 2.75) is 31.5 Å². The summed E-state index contributed by atoms with van der Waals surface area (Å²) in [7, 11) is 0. The Balaban J connectivity index is 1.54. The number of thioether (sulfide) groups is 1. The van der Waals surface area contributed by atoms with Gasteiger partial charge in [0, 0.05) is 28.3 Å². The lowest BCUT2D eigenvalue weighted by molar-refractivity contribution is -0.689. The van der Waals surface area contributed by atoms with E-state index in [1.54, 1.807) is 6.20 Å². The number of pyridine rings is 1. The maximum absolute atomic E-state index is 12.9. The number of oxime groups is 1. The molecule has 2 amide bonds. The van der Waals surface area contributed by atoms with Crippen molar-refractivity contribution in [3.05, 3.63) is 52.4 Å². The monoisotopic (exact) mass is 525 g/mol. The number of hydrogen-bond donors (Lipinski definition) is 3. The molecule has 0 bridgehead atoms. The van der Waals surface area contributed by atoms with E-state index in [9.17, 15) is 28.3 Å². The lowest BCUT2D eigenvalue weighted by Gasteiger charge is -2.49. The molecular weight excluding hydrogens is 506 g/mol. The van der Waals surface area contributed by atoms with Crippen LogP contribution >= 0.6 is 23.1 Å². The van der Waals surface area contributed by atoms with Gasteiger partial charge >= 0.3 is 12.6 Å². The fourth-order valence-electron chi connectivity index (χ4n) is 3.68. The summed E-state index contributed by atoms with van der Waals surface area (Å²) in [6, 6.07) is 2.65. The number of carboxylic acid groups (broad SMARTS) is 1. The summed E-state index contributed by atoms with van der Waals surface area (Å²) in [6.45, 7) is -1.10. The number of amides is 2. The number of rotatable bonds is 8. The Labute approximate surface area is 205 Å². The van der Waals surface area contributed by atoms with Crippen LogP contribution in [0.3, 0.4) is 0 Å². The summed E-state index contributed by atoms with van der Waals surface area (Å²) in [6.07, 6.45) is 3.66. The second kappa shape index (κ2) is 9.95. The quantitative estimate of drug-likeness (QED) is 0.197. The first-order valence-electron chi connectivity index (χ1n) is 10.1.